The number of aliphatic hydroxyl groups is 1. The Kier molecular flexibility index (Phi) is 2.06. The summed E-state index contributed by atoms with van der Waals surface area (Å²) in [5, 5.41) is 12.8. The lowest BCUT2D eigenvalue weighted by Crippen LogP contribution is -2.52. The minimum atomic E-state index is -0.241. The van der Waals surface area contributed by atoms with E-state index in [-0.39, 0.29) is 12.1 Å². The van der Waals surface area contributed by atoms with Gasteiger partial charge in [0.25, 0.3) is 0 Å². The molecule has 1 aliphatic heterocycles. The number of hydrazine groups is 2. The van der Waals surface area contributed by atoms with Gasteiger partial charge in [0.1, 0.15) is 0 Å². The number of nitrogens with one attached hydrogen (secondary N) is 1. The molecule has 4 heteroatoms. The molecule has 0 radical (unpaired) electrons. The molecule has 64 valence electrons. The largest absolute Gasteiger partial charge is 0.394 e. The lowest BCUT2D eigenvalue weighted by Gasteiger charge is -2.37. The second-order valence-corrected chi connectivity index (χ2v) is 3.28. The lowest BCUT2D eigenvalue weighted by molar-refractivity contribution is -0.0636. The van der Waals surface area contributed by atoms with Crippen molar-refractivity contribution in [3.63, 3.8) is 0 Å². The van der Waals surface area contributed by atoms with Crippen LogP contribution in [0.15, 0.2) is 12.4 Å². The second kappa shape index (κ2) is 2.71. The zero-order chi connectivity index (χ0) is 8.48. The average molecular weight is 157 g/mol. The van der Waals surface area contributed by atoms with Crippen LogP contribution in [0.5, 0.6) is 0 Å². The molecule has 0 fully saturated rings. The maximum Gasteiger partial charge on any atom is 0.0751 e. The van der Waals surface area contributed by atoms with Gasteiger partial charge in [-0.05, 0) is 13.8 Å². The molecule has 2 N–H and O–H groups in total. The van der Waals surface area contributed by atoms with Crippen LogP contribution in [0.1, 0.15) is 13.8 Å². The van der Waals surface area contributed by atoms with Gasteiger partial charge in [0.05, 0.1) is 12.1 Å². The third kappa shape index (κ3) is 1.46. The number of nitrogens with zero attached hydrogens (tertiary/aromatic N) is 2. The molecular formula is C7H15N3O. The van der Waals surface area contributed by atoms with Gasteiger partial charge in [-0.3, -0.25) is 5.01 Å². The molecule has 0 saturated carbocycles. The van der Waals surface area contributed by atoms with Gasteiger partial charge in [-0.25, -0.2) is 0 Å². The molecule has 0 atom stereocenters. The summed E-state index contributed by atoms with van der Waals surface area (Å²) in [5.74, 6) is 0. The van der Waals surface area contributed by atoms with Crippen LogP contribution in [0.3, 0.4) is 0 Å². The van der Waals surface area contributed by atoms with Gasteiger partial charge in [-0.1, -0.05) is 0 Å². The average Bonchev–Trinajstić information content (AvgIpc) is 2.36. The fraction of sp³-hybridized carbons (Fsp3) is 0.714. The number of hydrogen-bond acceptors (Lipinski definition) is 4. The molecule has 0 aliphatic carbocycles. The summed E-state index contributed by atoms with van der Waals surface area (Å²) < 4.78 is 0. The lowest BCUT2D eigenvalue weighted by atomic mass is 10.1. The van der Waals surface area contributed by atoms with Gasteiger partial charge in [-0.15, -0.1) is 5.12 Å². The quantitative estimate of drug-likeness (QED) is 0.587. The van der Waals surface area contributed by atoms with Gasteiger partial charge in [0.2, 0.25) is 0 Å². The molecule has 1 aliphatic rings. The summed E-state index contributed by atoms with van der Waals surface area (Å²) in [6.07, 6.45) is 3.73. The number of rotatable bonds is 2. The fourth-order valence-electron chi connectivity index (χ4n) is 1.05. The van der Waals surface area contributed by atoms with Crippen molar-refractivity contribution in [2.45, 2.75) is 19.4 Å². The zero-order valence-corrected chi connectivity index (χ0v) is 7.20. The van der Waals surface area contributed by atoms with Gasteiger partial charge in [0, 0.05) is 19.4 Å². The Balaban J connectivity index is 2.66. The molecule has 0 unspecified atom stereocenters. The minimum absolute atomic E-state index is 0.128. The second-order valence-electron chi connectivity index (χ2n) is 3.28. The van der Waals surface area contributed by atoms with Crippen molar-refractivity contribution in [2.24, 2.45) is 0 Å². The van der Waals surface area contributed by atoms with Crippen LogP contribution in [0, 0.1) is 0 Å². The first kappa shape index (κ1) is 8.36. The summed E-state index contributed by atoms with van der Waals surface area (Å²) in [6, 6.07) is 0. The molecule has 0 aromatic heterocycles. The Morgan fingerprint density at radius 3 is 2.55 bits per heavy atom. The van der Waals surface area contributed by atoms with Gasteiger partial charge < -0.3 is 10.5 Å². The van der Waals surface area contributed by atoms with E-state index in [2.05, 4.69) is 5.43 Å². The fourth-order valence-corrected chi connectivity index (χ4v) is 1.05. The van der Waals surface area contributed by atoms with Crippen molar-refractivity contribution in [3.05, 3.63) is 12.4 Å². The van der Waals surface area contributed by atoms with E-state index < -0.39 is 0 Å². The minimum Gasteiger partial charge on any atom is -0.394 e. The van der Waals surface area contributed by atoms with Crippen LogP contribution < -0.4 is 5.43 Å². The highest BCUT2D eigenvalue weighted by atomic mass is 16.3. The molecule has 0 amide bonds. The van der Waals surface area contributed by atoms with Crippen LogP contribution in [0.2, 0.25) is 0 Å². The van der Waals surface area contributed by atoms with Gasteiger partial charge >= 0.3 is 0 Å². The van der Waals surface area contributed by atoms with E-state index in [1.165, 1.54) is 0 Å². The normalized spacial score (nSPS) is 19.1. The van der Waals surface area contributed by atoms with Crippen molar-refractivity contribution in [1.29, 1.82) is 0 Å². The van der Waals surface area contributed by atoms with E-state index in [9.17, 15) is 0 Å². The predicted molar refractivity (Wildman–Crippen MR) is 43.0 cm³/mol. The standard InChI is InChI=1S/C7H15N3O/c1-7(2,6-11)10-5-4-8-9(10)3/h4-5,8,11H,6H2,1-3H3. The first-order valence-electron chi connectivity index (χ1n) is 3.64. The summed E-state index contributed by atoms with van der Waals surface area (Å²) >= 11 is 0. The molecule has 1 heterocycles. The van der Waals surface area contributed by atoms with E-state index in [0.29, 0.717) is 0 Å². The first-order valence-corrected chi connectivity index (χ1v) is 3.64. The van der Waals surface area contributed by atoms with E-state index in [4.69, 9.17) is 5.11 Å². The van der Waals surface area contributed by atoms with Gasteiger partial charge in [0.15, 0.2) is 0 Å². The maximum absolute atomic E-state index is 9.04. The SMILES string of the molecule is CN1NC=CN1C(C)(C)CO. The summed E-state index contributed by atoms with van der Waals surface area (Å²) in [4.78, 5) is 0. The van der Waals surface area contributed by atoms with Crippen LogP contribution in [-0.2, 0) is 0 Å². The molecule has 0 saturated heterocycles. The molecule has 0 aromatic rings. The first-order chi connectivity index (χ1) is 5.08. The monoisotopic (exact) mass is 157 g/mol. The highest BCUT2D eigenvalue weighted by molar-refractivity contribution is 4.92. The Labute approximate surface area is 67.0 Å². The number of hydrogen-bond donors (Lipinski definition) is 2. The Bertz CT molecular complexity index is 167. The summed E-state index contributed by atoms with van der Waals surface area (Å²) in [6.45, 7) is 4.07. The summed E-state index contributed by atoms with van der Waals surface area (Å²) in [5.41, 5.74) is 2.74. The number of aliphatic hydroxyl groups excluding tert-OH is 1. The molecule has 11 heavy (non-hydrogen) atoms. The summed E-state index contributed by atoms with van der Waals surface area (Å²) in [7, 11) is 1.90. The third-order valence-corrected chi connectivity index (χ3v) is 1.81. The molecular weight excluding hydrogens is 142 g/mol. The Hall–Kier alpha value is -0.740. The maximum atomic E-state index is 9.04. The zero-order valence-electron chi connectivity index (χ0n) is 7.20. The van der Waals surface area contributed by atoms with Crippen molar-refractivity contribution in [2.75, 3.05) is 13.7 Å². The van der Waals surface area contributed by atoms with Crippen LogP contribution in [-0.4, -0.2) is 34.4 Å². The van der Waals surface area contributed by atoms with Crippen molar-refractivity contribution in [1.82, 2.24) is 15.6 Å². The van der Waals surface area contributed by atoms with Crippen LogP contribution in [0.4, 0.5) is 0 Å². The molecule has 0 spiro atoms. The smallest absolute Gasteiger partial charge is 0.0751 e. The van der Waals surface area contributed by atoms with Crippen LogP contribution >= 0.6 is 0 Å². The topological polar surface area (TPSA) is 38.7 Å². The van der Waals surface area contributed by atoms with E-state index >= 15 is 0 Å². The van der Waals surface area contributed by atoms with Crippen molar-refractivity contribution < 1.29 is 5.11 Å². The van der Waals surface area contributed by atoms with Crippen LogP contribution in [0.25, 0.3) is 0 Å². The van der Waals surface area contributed by atoms with Gasteiger partial charge in [-0.2, -0.15) is 0 Å². The molecule has 0 aromatic carbocycles. The van der Waals surface area contributed by atoms with E-state index in [1.807, 2.05) is 43.4 Å². The Morgan fingerprint density at radius 2 is 2.18 bits per heavy atom. The predicted octanol–water partition coefficient (Wildman–Crippen LogP) is -0.104. The highest BCUT2D eigenvalue weighted by Crippen LogP contribution is 2.17. The van der Waals surface area contributed by atoms with Crippen molar-refractivity contribution in [3.8, 4) is 0 Å². The highest BCUT2D eigenvalue weighted by Gasteiger charge is 2.28. The molecule has 4 nitrogen and oxygen atoms in total. The van der Waals surface area contributed by atoms with E-state index in [0.717, 1.165) is 0 Å². The Morgan fingerprint density at radius 1 is 1.55 bits per heavy atom. The molecule has 1 rings (SSSR count). The molecule has 0 bridgehead atoms. The van der Waals surface area contributed by atoms with E-state index in [1.54, 1.807) is 0 Å². The third-order valence-electron chi connectivity index (χ3n) is 1.81. The van der Waals surface area contributed by atoms with Crippen molar-refractivity contribution >= 4 is 0 Å².